The molecule has 0 saturated carbocycles. The molecule has 104 valence electrons. The van der Waals surface area contributed by atoms with Gasteiger partial charge in [0.05, 0.1) is 0 Å². The first-order valence-electron chi connectivity index (χ1n) is 6.74. The molecule has 2 nitrogen and oxygen atoms in total. The van der Waals surface area contributed by atoms with E-state index in [9.17, 15) is 4.79 Å². The van der Waals surface area contributed by atoms with Crippen LogP contribution >= 0.6 is 9.24 Å². The van der Waals surface area contributed by atoms with Crippen molar-refractivity contribution in [1.29, 1.82) is 0 Å². The van der Waals surface area contributed by atoms with Crippen LogP contribution in [0.1, 0.15) is 11.7 Å². The van der Waals surface area contributed by atoms with Crippen LogP contribution in [0.2, 0.25) is 0 Å². The molecular formula is C18H15O2P. The van der Waals surface area contributed by atoms with E-state index in [1.807, 2.05) is 66.7 Å². The molecule has 3 aromatic rings. The first kappa shape index (κ1) is 13.8. The monoisotopic (exact) mass is 294 g/mol. The molecule has 0 aromatic heterocycles. The van der Waals surface area contributed by atoms with Crippen LogP contribution in [0.25, 0.3) is 10.8 Å². The highest BCUT2D eigenvalue weighted by atomic mass is 31.0. The van der Waals surface area contributed by atoms with E-state index in [0.717, 1.165) is 16.3 Å². The van der Waals surface area contributed by atoms with Gasteiger partial charge in [-0.1, -0.05) is 69.9 Å². The van der Waals surface area contributed by atoms with Crippen molar-refractivity contribution in [2.45, 2.75) is 6.10 Å². The fourth-order valence-electron chi connectivity index (χ4n) is 2.30. The van der Waals surface area contributed by atoms with Crippen LogP contribution in [0.5, 0.6) is 5.75 Å². The number of hydrogen-bond acceptors (Lipinski definition) is 2. The van der Waals surface area contributed by atoms with E-state index < -0.39 is 6.10 Å². The summed E-state index contributed by atoms with van der Waals surface area (Å²) in [6.07, 6.45) is -0.600. The Morgan fingerprint density at radius 3 is 2.24 bits per heavy atom. The van der Waals surface area contributed by atoms with Gasteiger partial charge in [-0.25, -0.2) is 0 Å². The second kappa shape index (κ2) is 6.07. The molecule has 0 amide bonds. The van der Waals surface area contributed by atoms with Crippen molar-refractivity contribution in [2.24, 2.45) is 0 Å². The van der Waals surface area contributed by atoms with Crippen LogP contribution in [0.4, 0.5) is 0 Å². The Labute approximate surface area is 126 Å². The normalized spacial score (nSPS) is 12.0. The number of carbonyl (C=O) groups is 1. The zero-order chi connectivity index (χ0) is 14.7. The zero-order valence-corrected chi connectivity index (χ0v) is 12.6. The Hall–Kier alpha value is -2.18. The number of hydrogen-bond donors (Lipinski definition) is 0. The van der Waals surface area contributed by atoms with Gasteiger partial charge in [-0.3, -0.25) is 4.79 Å². The van der Waals surface area contributed by atoms with E-state index in [0.29, 0.717) is 5.75 Å². The second-order valence-electron chi connectivity index (χ2n) is 4.82. The molecule has 0 aliphatic rings. The largest absolute Gasteiger partial charge is 0.478 e. The zero-order valence-electron chi connectivity index (χ0n) is 11.4. The smallest absolute Gasteiger partial charge is 0.193 e. The Morgan fingerprint density at radius 2 is 1.52 bits per heavy atom. The fraction of sp³-hybridized carbons (Fsp3) is 0.0556. The number of ether oxygens (including phenoxy) is 1. The topological polar surface area (TPSA) is 26.3 Å². The minimum atomic E-state index is -0.600. The summed E-state index contributed by atoms with van der Waals surface area (Å²) < 4.78 is 5.90. The molecule has 2 unspecified atom stereocenters. The first-order chi connectivity index (χ1) is 10.2. The third kappa shape index (κ3) is 3.12. The van der Waals surface area contributed by atoms with Gasteiger partial charge in [0.1, 0.15) is 5.75 Å². The van der Waals surface area contributed by atoms with Gasteiger partial charge >= 0.3 is 0 Å². The van der Waals surface area contributed by atoms with Gasteiger partial charge in [-0.15, -0.1) is 0 Å². The summed E-state index contributed by atoms with van der Waals surface area (Å²) in [5.41, 5.74) is 0.764. The maximum atomic E-state index is 11.9. The van der Waals surface area contributed by atoms with E-state index in [1.54, 1.807) is 0 Å². The maximum Gasteiger partial charge on any atom is 0.193 e. The number of carbonyl (C=O) groups excluding carboxylic acids is 1. The number of benzene rings is 3. The summed E-state index contributed by atoms with van der Waals surface area (Å²) in [6.45, 7) is 0. The molecule has 3 heteroatoms. The first-order valence-corrected chi connectivity index (χ1v) is 7.31. The van der Waals surface area contributed by atoms with Crippen molar-refractivity contribution in [1.82, 2.24) is 0 Å². The quantitative estimate of drug-likeness (QED) is 0.668. The third-order valence-corrected chi connectivity index (χ3v) is 3.64. The summed E-state index contributed by atoms with van der Waals surface area (Å²) >= 11 is 0. The van der Waals surface area contributed by atoms with Crippen LogP contribution in [-0.2, 0) is 4.79 Å². The lowest BCUT2D eigenvalue weighted by molar-refractivity contribution is -0.117. The molecule has 0 aliphatic heterocycles. The Bertz CT molecular complexity index is 768. The molecule has 3 aromatic carbocycles. The average molecular weight is 294 g/mol. The Kier molecular flexibility index (Phi) is 3.98. The van der Waals surface area contributed by atoms with Gasteiger partial charge in [-0.05, 0) is 22.9 Å². The van der Waals surface area contributed by atoms with Gasteiger partial charge in [0.2, 0.25) is 0 Å². The molecule has 0 spiro atoms. The molecule has 0 bridgehead atoms. The van der Waals surface area contributed by atoms with Crippen LogP contribution in [0.15, 0.2) is 72.8 Å². The molecule has 21 heavy (non-hydrogen) atoms. The molecule has 0 radical (unpaired) electrons. The predicted octanol–water partition coefficient (Wildman–Crippen LogP) is 4.36. The van der Waals surface area contributed by atoms with E-state index in [2.05, 4.69) is 15.3 Å². The van der Waals surface area contributed by atoms with Crippen LogP contribution in [0.3, 0.4) is 0 Å². The summed E-state index contributed by atoms with van der Waals surface area (Å²) in [7, 11) is 2.21. The Balaban J connectivity index is 1.93. The van der Waals surface area contributed by atoms with E-state index in [1.165, 1.54) is 0 Å². The minimum Gasteiger partial charge on any atom is -0.478 e. The summed E-state index contributed by atoms with van der Waals surface area (Å²) in [4.78, 5) is 11.9. The lowest BCUT2D eigenvalue weighted by Crippen LogP contribution is -2.13. The average Bonchev–Trinajstić information content (AvgIpc) is 2.53. The van der Waals surface area contributed by atoms with Crippen molar-refractivity contribution >= 4 is 25.5 Å². The van der Waals surface area contributed by atoms with Gasteiger partial charge in [0.25, 0.3) is 0 Å². The van der Waals surface area contributed by atoms with Crippen molar-refractivity contribution in [3.63, 3.8) is 0 Å². The maximum absolute atomic E-state index is 11.9. The number of rotatable bonds is 4. The Morgan fingerprint density at radius 1 is 0.857 bits per heavy atom. The van der Waals surface area contributed by atoms with Crippen molar-refractivity contribution in [3.05, 3.63) is 78.4 Å². The van der Waals surface area contributed by atoms with Gasteiger partial charge in [0.15, 0.2) is 11.6 Å². The van der Waals surface area contributed by atoms with Crippen LogP contribution in [0, 0.1) is 0 Å². The van der Waals surface area contributed by atoms with Crippen LogP contribution in [-0.4, -0.2) is 5.52 Å². The van der Waals surface area contributed by atoms with E-state index in [4.69, 9.17) is 4.74 Å². The summed E-state index contributed by atoms with van der Waals surface area (Å²) in [6, 6.07) is 23.4. The van der Waals surface area contributed by atoms with Gasteiger partial charge in [0, 0.05) is 5.56 Å². The standard InChI is InChI=1S/C18H15O2P/c19-18(21)17(14-7-2-1-3-8-14)20-16-11-10-13-6-4-5-9-15(13)12-16/h1-12,17H,21H2. The highest BCUT2D eigenvalue weighted by Gasteiger charge is 2.18. The molecule has 0 N–H and O–H groups in total. The highest BCUT2D eigenvalue weighted by Crippen LogP contribution is 2.27. The SMILES string of the molecule is O=C(P)C(Oc1ccc2ccccc2c1)c1ccccc1. The molecule has 3 rings (SSSR count). The molecule has 0 fully saturated rings. The van der Waals surface area contributed by atoms with Gasteiger partial charge < -0.3 is 4.74 Å². The summed E-state index contributed by atoms with van der Waals surface area (Å²) in [5, 5.41) is 2.25. The lowest BCUT2D eigenvalue weighted by Gasteiger charge is -2.17. The molecular weight excluding hydrogens is 279 g/mol. The van der Waals surface area contributed by atoms with Crippen molar-refractivity contribution < 1.29 is 9.53 Å². The van der Waals surface area contributed by atoms with Crippen molar-refractivity contribution in [2.75, 3.05) is 0 Å². The molecule has 0 aliphatic carbocycles. The van der Waals surface area contributed by atoms with Crippen molar-refractivity contribution in [3.8, 4) is 5.75 Å². The molecule has 0 saturated heterocycles. The van der Waals surface area contributed by atoms with Gasteiger partial charge in [-0.2, -0.15) is 0 Å². The van der Waals surface area contributed by atoms with E-state index in [-0.39, 0.29) is 5.52 Å². The predicted molar refractivity (Wildman–Crippen MR) is 88.5 cm³/mol. The fourth-order valence-corrected chi connectivity index (χ4v) is 2.56. The lowest BCUT2D eigenvalue weighted by atomic mass is 10.1. The number of fused-ring (bicyclic) bond motifs is 1. The highest BCUT2D eigenvalue weighted by molar-refractivity contribution is 7.40. The molecule has 2 atom stereocenters. The third-order valence-electron chi connectivity index (χ3n) is 3.34. The summed E-state index contributed by atoms with van der Waals surface area (Å²) in [5.74, 6) is 0.693. The minimum absolute atomic E-state index is 0.0886. The van der Waals surface area contributed by atoms with E-state index >= 15 is 0 Å². The second-order valence-corrected chi connectivity index (χ2v) is 5.39. The molecule has 0 heterocycles. The van der Waals surface area contributed by atoms with Crippen LogP contribution < -0.4 is 4.74 Å².